The maximum absolute atomic E-state index is 12.9. The largest absolute Gasteiger partial charge is 0.416 e. The Bertz CT molecular complexity index is 815. The zero-order chi connectivity index (χ0) is 22.1. The van der Waals surface area contributed by atoms with E-state index in [2.05, 4.69) is 12.2 Å². The minimum Gasteiger partial charge on any atom is -0.340 e. The molecule has 1 aromatic rings. The topological polar surface area (TPSA) is 69.7 Å². The molecule has 6 nitrogen and oxygen atoms in total. The minimum atomic E-state index is -4.42. The molecule has 9 heteroatoms. The van der Waals surface area contributed by atoms with Gasteiger partial charge in [0.15, 0.2) is 0 Å². The van der Waals surface area contributed by atoms with Crippen LogP contribution in [0, 0.1) is 5.92 Å². The summed E-state index contributed by atoms with van der Waals surface area (Å²) in [5, 5.41) is 2.79. The molecule has 2 aliphatic rings. The van der Waals surface area contributed by atoms with Crippen LogP contribution in [0.5, 0.6) is 0 Å². The normalized spacial score (nSPS) is 24.3. The monoisotopic (exact) mass is 425 g/mol. The Balaban J connectivity index is 1.60. The fourth-order valence-electron chi connectivity index (χ4n) is 4.15. The lowest BCUT2D eigenvalue weighted by Gasteiger charge is -2.34. The molecule has 0 unspecified atom stereocenters. The molecule has 0 radical (unpaired) electrons. The van der Waals surface area contributed by atoms with E-state index in [0.29, 0.717) is 24.3 Å². The first kappa shape index (κ1) is 22.1. The average molecular weight is 425 g/mol. The molecule has 3 rings (SSSR count). The van der Waals surface area contributed by atoms with E-state index in [0.717, 1.165) is 36.3 Å². The van der Waals surface area contributed by atoms with Crippen molar-refractivity contribution in [3.8, 4) is 0 Å². The summed E-state index contributed by atoms with van der Waals surface area (Å²) in [5.74, 6) is -0.276. The van der Waals surface area contributed by atoms with Crippen molar-refractivity contribution in [3.05, 3.63) is 35.4 Å². The van der Waals surface area contributed by atoms with Crippen LogP contribution in [0.3, 0.4) is 0 Å². The van der Waals surface area contributed by atoms with Crippen LogP contribution in [-0.2, 0) is 22.3 Å². The molecule has 1 aliphatic carbocycles. The van der Waals surface area contributed by atoms with Gasteiger partial charge in [-0.1, -0.05) is 25.5 Å². The number of carbonyl (C=O) groups is 3. The number of imide groups is 1. The summed E-state index contributed by atoms with van der Waals surface area (Å²) in [6.45, 7) is 1.79. The molecule has 164 valence electrons. The van der Waals surface area contributed by atoms with Crippen molar-refractivity contribution in [1.82, 2.24) is 15.1 Å². The quantitative estimate of drug-likeness (QED) is 0.734. The van der Waals surface area contributed by atoms with E-state index >= 15 is 0 Å². The van der Waals surface area contributed by atoms with Crippen molar-refractivity contribution in [2.75, 3.05) is 13.6 Å². The van der Waals surface area contributed by atoms with E-state index in [1.54, 1.807) is 0 Å². The van der Waals surface area contributed by atoms with Gasteiger partial charge < -0.3 is 10.2 Å². The summed E-state index contributed by atoms with van der Waals surface area (Å²) in [6, 6.07) is 3.97. The van der Waals surface area contributed by atoms with E-state index in [-0.39, 0.29) is 19.0 Å². The second-order valence-electron chi connectivity index (χ2n) is 8.20. The van der Waals surface area contributed by atoms with Crippen LogP contribution >= 0.6 is 0 Å². The Morgan fingerprint density at radius 3 is 2.33 bits per heavy atom. The van der Waals surface area contributed by atoms with E-state index in [1.165, 1.54) is 24.1 Å². The Kier molecular flexibility index (Phi) is 6.10. The van der Waals surface area contributed by atoms with Gasteiger partial charge in [-0.15, -0.1) is 0 Å². The summed E-state index contributed by atoms with van der Waals surface area (Å²) in [4.78, 5) is 40.1. The number of nitrogens with zero attached hydrogens (tertiary/aromatic N) is 2. The minimum absolute atomic E-state index is 0.0734. The molecule has 1 aromatic carbocycles. The van der Waals surface area contributed by atoms with Crippen molar-refractivity contribution in [2.24, 2.45) is 5.92 Å². The molecular formula is C21H26F3N3O3. The van der Waals surface area contributed by atoms with E-state index in [4.69, 9.17) is 0 Å². The Morgan fingerprint density at radius 1 is 1.20 bits per heavy atom. The fourth-order valence-corrected chi connectivity index (χ4v) is 4.15. The molecule has 4 amide bonds. The maximum Gasteiger partial charge on any atom is 0.416 e. The summed E-state index contributed by atoms with van der Waals surface area (Å²) in [7, 11) is 1.49. The lowest BCUT2D eigenvalue weighted by Crippen LogP contribution is -2.50. The van der Waals surface area contributed by atoms with Gasteiger partial charge in [-0.2, -0.15) is 13.2 Å². The van der Waals surface area contributed by atoms with Crippen molar-refractivity contribution in [1.29, 1.82) is 0 Å². The Morgan fingerprint density at radius 2 is 1.80 bits per heavy atom. The highest BCUT2D eigenvalue weighted by atomic mass is 19.4. The number of alkyl halides is 3. The molecule has 1 saturated heterocycles. The highest BCUT2D eigenvalue weighted by Gasteiger charge is 2.52. The van der Waals surface area contributed by atoms with Crippen LogP contribution in [-0.4, -0.2) is 46.8 Å². The number of likely N-dealkylation sites (N-methyl/N-ethyl adjacent to an activating group) is 1. The van der Waals surface area contributed by atoms with Crippen LogP contribution in [0.2, 0.25) is 0 Å². The molecule has 0 atom stereocenters. The summed E-state index contributed by atoms with van der Waals surface area (Å²) < 4.78 is 38.0. The van der Waals surface area contributed by atoms with Crippen molar-refractivity contribution in [3.63, 3.8) is 0 Å². The first-order chi connectivity index (χ1) is 14.1. The lowest BCUT2D eigenvalue weighted by molar-refractivity contribution is -0.139. The number of benzene rings is 1. The van der Waals surface area contributed by atoms with Gasteiger partial charge in [-0.25, -0.2) is 4.79 Å². The van der Waals surface area contributed by atoms with Gasteiger partial charge in [0.2, 0.25) is 5.91 Å². The standard InChI is InChI=1S/C21H26F3N3O3/c1-3-14-8-10-20(11-9-14)18(29)27(19(30)25-20)13-17(28)26(2)12-15-4-6-16(7-5-15)21(22,23)24/h4-7,14H,3,8-13H2,1-2H3,(H,25,30). The third-order valence-electron chi connectivity index (χ3n) is 6.20. The van der Waals surface area contributed by atoms with Gasteiger partial charge in [0.1, 0.15) is 12.1 Å². The highest BCUT2D eigenvalue weighted by molar-refractivity contribution is 6.09. The predicted octanol–water partition coefficient (Wildman–Crippen LogP) is 3.55. The number of rotatable bonds is 5. The zero-order valence-electron chi connectivity index (χ0n) is 17.1. The molecule has 1 aliphatic heterocycles. The third kappa shape index (κ3) is 4.44. The van der Waals surface area contributed by atoms with Gasteiger partial charge in [0.05, 0.1) is 5.56 Å². The predicted molar refractivity (Wildman–Crippen MR) is 103 cm³/mol. The molecule has 1 heterocycles. The van der Waals surface area contributed by atoms with Gasteiger partial charge in [-0.3, -0.25) is 14.5 Å². The summed E-state index contributed by atoms with van der Waals surface area (Å²) in [5.41, 5.74) is -1.15. The van der Waals surface area contributed by atoms with Crippen LogP contribution in [0.15, 0.2) is 24.3 Å². The number of carbonyl (C=O) groups excluding carboxylic acids is 3. The Hall–Kier alpha value is -2.58. The number of nitrogens with one attached hydrogen (secondary N) is 1. The number of halogens is 3. The lowest BCUT2D eigenvalue weighted by atomic mass is 9.75. The molecule has 1 N–H and O–H groups in total. The number of amides is 4. The first-order valence-electron chi connectivity index (χ1n) is 10.1. The van der Waals surface area contributed by atoms with Crippen LogP contribution in [0.25, 0.3) is 0 Å². The van der Waals surface area contributed by atoms with Gasteiger partial charge >= 0.3 is 12.2 Å². The zero-order valence-corrected chi connectivity index (χ0v) is 17.1. The summed E-state index contributed by atoms with van der Waals surface area (Å²) >= 11 is 0. The smallest absolute Gasteiger partial charge is 0.340 e. The second-order valence-corrected chi connectivity index (χ2v) is 8.20. The van der Waals surface area contributed by atoms with Crippen LogP contribution < -0.4 is 5.32 Å². The van der Waals surface area contributed by atoms with E-state index in [1.807, 2.05) is 0 Å². The Labute approximate surface area is 173 Å². The van der Waals surface area contributed by atoms with Gasteiger partial charge in [0, 0.05) is 13.6 Å². The third-order valence-corrected chi connectivity index (χ3v) is 6.20. The van der Waals surface area contributed by atoms with Crippen LogP contribution in [0.4, 0.5) is 18.0 Å². The van der Waals surface area contributed by atoms with Gasteiger partial charge in [-0.05, 0) is 49.3 Å². The highest BCUT2D eigenvalue weighted by Crippen LogP contribution is 2.37. The SMILES string of the molecule is CCC1CCC2(CC1)NC(=O)N(CC(=O)N(C)Cc1ccc(C(F)(F)F)cc1)C2=O. The molecule has 30 heavy (non-hydrogen) atoms. The second kappa shape index (κ2) is 8.28. The number of hydrogen-bond donors (Lipinski definition) is 1. The first-order valence-corrected chi connectivity index (χ1v) is 10.1. The molecule has 0 aromatic heterocycles. The fraction of sp³-hybridized carbons (Fsp3) is 0.571. The van der Waals surface area contributed by atoms with E-state index in [9.17, 15) is 27.6 Å². The average Bonchev–Trinajstić information content (AvgIpc) is 2.92. The number of urea groups is 1. The molecule has 2 fully saturated rings. The van der Waals surface area contributed by atoms with Crippen molar-refractivity contribution >= 4 is 17.8 Å². The summed E-state index contributed by atoms with van der Waals surface area (Å²) in [6.07, 6.45) is -0.522. The number of hydrogen-bond acceptors (Lipinski definition) is 3. The molecular weight excluding hydrogens is 399 g/mol. The van der Waals surface area contributed by atoms with Crippen molar-refractivity contribution < 1.29 is 27.6 Å². The molecule has 1 saturated carbocycles. The van der Waals surface area contributed by atoms with Crippen LogP contribution in [0.1, 0.15) is 50.2 Å². The van der Waals surface area contributed by atoms with Crippen molar-refractivity contribution in [2.45, 2.75) is 57.3 Å². The van der Waals surface area contributed by atoms with Gasteiger partial charge in [0.25, 0.3) is 5.91 Å². The molecule has 1 spiro atoms. The maximum atomic E-state index is 12.9. The molecule has 0 bridgehead atoms. The van der Waals surface area contributed by atoms with E-state index < -0.39 is 29.2 Å².